The number of aromatic nitrogens is 2. The topological polar surface area (TPSA) is 131 Å². The van der Waals surface area contributed by atoms with Crippen LogP contribution < -0.4 is 16.0 Å². The molecule has 3 heterocycles. The number of nitrogens with two attached hydrogens (primary N) is 1. The Morgan fingerprint density at radius 2 is 1.51 bits per heavy atom. The van der Waals surface area contributed by atoms with Gasteiger partial charge in [0.2, 0.25) is 5.91 Å². The Bertz CT molecular complexity index is 2260. The Kier molecular flexibility index (Phi) is 10.6. The third kappa shape index (κ3) is 8.15. The van der Waals surface area contributed by atoms with Crippen LogP contribution in [0.5, 0.6) is 0 Å². The molecule has 4 N–H and O–H groups in total. The van der Waals surface area contributed by atoms with Crippen LogP contribution in [-0.4, -0.2) is 45.5 Å². The number of pyridine rings is 1. The van der Waals surface area contributed by atoms with Gasteiger partial charge in [-0.2, -0.15) is 0 Å². The fourth-order valence-corrected chi connectivity index (χ4v) is 7.36. The van der Waals surface area contributed by atoms with Crippen molar-refractivity contribution in [2.24, 2.45) is 5.73 Å². The van der Waals surface area contributed by atoms with Crippen molar-refractivity contribution in [1.82, 2.24) is 9.55 Å². The number of benzene rings is 4. The van der Waals surface area contributed by atoms with Crippen molar-refractivity contribution < 1.29 is 19.5 Å². The molecule has 2 aliphatic rings. The fraction of sp³-hybridized carbons (Fsp3) is 0.227. The summed E-state index contributed by atoms with van der Waals surface area (Å²) in [5.74, 6) is -1.81. The van der Waals surface area contributed by atoms with Gasteiger partial charge in [0.25, 0.3) is 5.91 Å². The number of carbonyl (C=O) groups excluding carboxylic acids is 2. The maximum Gasteiger partial charge on any atom is 0.336 e. The minimum Gasteiger partial charge on any atom is -0.478 e. The summed E-state index contributed by atoms with van der Waals surface area (Å²) in [5.41, 5.74) is 14.3. The molecule has 4 aromatic carbocycles. The maximum absolute atomic E-state index is 13.6. The molecule has 1 saturated heterocycles. The van der Waals surface area contributed by atoms with E-state index in [0.717, 1.165) is 42.7 Å². The van der Waals surface area contributed by atoms with Gasteiger partial charge in [-0.3, -0.25) is 14.6 Å². The third-order valence-corrected chi connectivity index (χ3v) is 10.1. The lowest BCUT2D eigenvalue weighted by Gasteiger charge is -2.29. The van der Waals surface area contributed by atoms with Crippen molar-refractivity contribution in [2.45, 2.75) is 51.5 Å². The van der Waals surface area contributed by atoms with Crippen LogP contribution in [0.25, 0.3) is 22.2 Å². The van der Waals surface area contributed by atoms with Crippen LogP contribution in [0.2, 0.25) is 0 Å². The Hall–Kier alpha value is -6.22. The molecule has 9 nitrogen and oxygen atoms in total. The van der Waals surface area contributed by atoms with Crippen molar-refractivity contribution in [3.05, 3.63) is 149 Å². The Labute approximate surface area is 309 Å². The van der Waals surface area contributed by atoms with Crippen molar-refractivity contribution >= 4 is 40.1 Å². The average Bonchev–Trinajstić information content (AvgIpc) is 3.61. The molecule has 53 heavy (non-hydrogen) atoms. The smallest absolute Gasteiger partial charge is 0.336 e. The van der Waals surface area contributed by atoms with Gasteiger partial charge in [0.05, 0.1) is 16.9 Å². The van der Waals surface area contributed by atoms with E-state index in [9.17, 15) is 19.5 Å². The zero-order valence-electron chi connectivity index (χ0n) is 29.6. The summed E-state index contributed by atoms with van der Waals surface area (Å²) in [6.07, 6.45) is 12.2. The number of amides is 2. The summed E-state index contributed by atoms with van der Waals surface area (Å²) in [6.45, 7) is 2.38. The van der Waals surface area contributed by atoms with Crippen molar-refractivity contribution in [3.63, 3.8) is 0 Å². The van der Waals surface area contributed by atoms with Crippen LogP contribution in [0.1, 0.15) is 79.9 Å². The van der Waals surface area contributed by atoms with E-state index in [2.05, 4.69) is 39.5 Å². The van der Waals surface area contributed by atoms with Gasteiger partial charge in [-0.1, -0.05) is 42.5 Å². The van der Waals surface area contributed by atoms with E-state index >= 15 is 0 Å². The van der Waals surface area contributed by atoms with E-state index in [0.29, 0.717) is 40.0 Å². The second kappa shape index (κ2) is 16.0. The van der Waals surface area contributed by atoms with Crippen molar-refractivity contribution in [3.8, 4) is 11.3 Å². The summed E-state index contributed by atoms with van der Waals surface area (Å²) >= 11 is 0. The second-order valence-electron chi connectivity index (χ2n) is 13.7. The monoisotopic (exact) mass is 705 g/mol. The van der Waals surface area contributed by atoms with Crippen LogP contribution in [0.3, 0.4) is 0 Å². The van der Waals surface area contributed by atoms with Crippen LogP contribution in [-0.2, 0) is 19.4 Å². The van der Waals surface area contributed by atoms with Gasteiger partial charge in [0, 0.05) is 65.3 Å². The number of carbonyl (C=O) groups is 3. The van der Waals surface area contributed by atoms with E-state index < -0.39 is 11.9 Å². The average molecular weight is 706 g/mol. The molecule has 8 rings (SSSR count). The third-order valence-electron chi connectivity index (χ3n) is 10.1. The Balaban J connectivity index is 0.000000373. The Morgan fingerprint density at radius 3 is 2.25 bits per heavy atom. The SMILES string of the molecule is NC(=O)c1ccnc(-c2cc(N3CCCCC3)ccc2NC(=O)c2cccc(Cn3ccc4c(C(=O)O)cccc43)c2)c1.c1ccc2c(c1)CCCC2. The summed E-state index contributed by atoms with van der Waals surface area (Å²) in [7, 11) is 0. The number of fused-ring (bicyclic) bond motifs is 2. The van der Waals surface area contributed by atoms with Gasteiger partial charge >= 0.3 is 5.97 Å². The lowest BCUT2D eigenvalue weighted by molar-refractivity contribution is 0.0698. The molecule has 9 heteroatoms. The second-order valence-corrected chi connectivity index (χ2v) is 13.7. The van der Waals surface area contributed by atoms with Crippen molar-refractivity contribution in [2.75, 3.05) is 23.3 Å². The highest BCUT2D eigenvalue weighted by molar-refractivity contribution is 6.07. The van der Waals surface area contributed by atoms with Gasteiger partial charge in [-0.05, 0) is 122 Å². The van der Waals surface area contributed by atoms with Crippen LogP contribution in [0.4, 0.5) is 11.4 Å². The number of primary amides is 1. The predicted molar refractivity (Wildman–Crippen MR) is 210 cm³/mol. The number of aromatic carboxylic acids is 1. The molecule has 1 aliphatic carbocycles. The fourth-order valence-electron chi connectivity index (χ4n) is 7.36. The highest BCUT2D eigenvalue weighted by atomic mass is 16.4. The molecule has 6 aromatic rings. The first kappa shape index (κ1) is 35.2. The van der Waals surface area contributed by atoms with Gasteiger partial charge in [-0.25, -0.2) is 4.79 Å². The first-order chi connectivity index (χ1) is 25.8. The summed E-state index contributed by atoms with van der Waals surface area (Å²) in [5, 5.41) is 13.3. The highest BCUT2D eigenvalue weighted by Crippen LogP contribution is 2.33. The molecule has 2 aromatic heterocycles. The van der Waals surface area contributed by atoms with Gasteiger partial charge in [-0.15, -0.1) is 0 Å². The van der Waals surface area contributed by atoms with E-state index in [4.69, 9.17) is 5.73 Å². The predicted octanol–water partition coefficient (Wildman–Crippen LogP) is 8.36. The van der Waals surface area contributed by atoms with Gasteiger partial charge in [0.15, 0.2) is 0 Å². The van der Waals surface area contributed by atoms with Crippen molar-refractivity contribution in [1.29, 1.82) is 0 Å². The summed E-state index contributed by atoms with van der Waals surface area (Å²) in [4.78, 5) is 43.9. The van der Waals surface area contributed by atoms with E-state index in [1.807, 2.05) is 53.2 Å². The number of piperidine rings is 1. The number of aryl methyl sites for hydroxylation is 2. The Morgan fingerprint density at radius 1 is 0.755 bits per heavy atom. The minimum absolute atomic E-state index is 0.252. The molecule has 1 aliphatic heterocycles. The number of hydrogen-bond acceptors (Lipinski definition) is 5. The first-order valence-corrected chi connectivity index (χ1v) is 18.3. The quantitative estimate of drug-likeness (QED) is 0.146. The molecule has 0 saturated carbocycles. The van der Waals surface area contributed by atoms with Gasteiger partial charge < -0.3 is 25.6 Å². The van der Waals surface area contributed by atoms with E-state index in [1.54, 1.807) is 53.7 Å². The standard InChI is InChI=1S/C34H31N5O4.C10H12/c35-32(40)23-12-14-36-30(19-23)28-20-25(38-15-2-1-3-16-38)10-11-29(28)37-33(41)24-7-4-6-22(18-24)21-39-17-13-26-27(34(42)43)8-5-9-31(26)39;1-2-6-10-8-4-3-7-9(10)5-1/h4-14,17-20H,1-3,15-16,21H2,(H2,35,40)(H,37,41)(H,42,43);1-2,5-6H,3-4,7-8H2. The number of carboxylic acids is 1. The zero-order valence-corrected chi connectivity index (χ0v) is 29.6. The first-order valence-electron chi connectivity index (χ1n) is 18.3. The normalized spacial score (nSPS) is 13.8. The molecular weight excluding hydrogens is 663 g/mol. The van der Waals surface area contributed by atoms with Crippen LogP contribution >= 0.6 is 0 Å². The minimum atomic E-state index is -0.970. The molecule has 0 radical (unpaired) electrons. The zero-order chi connectivity index (χ0) is 36.7. The summed E-state index contributed by atoms with van der Waals surface area (Å²) < 4.78 is 1.97. The van der Waals surface area contributed by atoms with Crippen LogP contribution in [0.15, 0.2) is 116 Å². The lowest BCUT2D eigenvalue weighted by Crippen LogP contribution is -2.29. The largest absolute Gasteiger partial charge is 0.478 e. The number of nitrogens with zero attached hydrogens (tertiary/aromatic N) is 3. The lowest BCUT2D eigenvalue weighted by atomic mass is 9.92. The van der Waals surface area contributed by atoms with E-state index in [-0.39, 0.29) is 11.5 Å². The number of rotatable bonds is 8. The number of hydrogen-bond donors (Lipinski definition) is 3. The molecule has 268 valence electrons. The molecule has 1 fully saturated rings. The number of anilines is 2. The maximum atomic E-state index is 13.6. The number of nitrogens with one attached hydrogen (secondary N) is 1. The highest BCUT2D eigenvalue weighted by Gasteiger charge is 2.18. The van der Waals surface area contributed by atoms with Gasteiger partial charge in [0.1, 0.15) is 0 Å². The molecule has 0 atom stereocenters. The molecular formula is C44H43N5O4. The van der Waals surface area contributed by atoms with E-state index in [1.165, 1.54) is 32.1 Å². The molecule has 2 amide bonds. The summed E-state index contributed by atoms with van der Waals surface area (Å²) in [6, 6.07) is 32.3. The molecule has 0 unspecified atom stereocenters. The molecule has 0 bridgehead atoms. The van der Waals surface area contributed by atoms with Crippen LogP contribution in [0, 0.1) is 0 Å². The number of carboxylic acid groups (broad SMARTS) is 1. The molecule has 0 spiro atoms.